The molecule has 0 atom stereocenters. The Hall–Kier alpha value is -1.07. The standard InChI is InChI=1S/C16H19BrN2OS/c1-10(2)18-16-19(11(3)4)15(20)14(21-16)9-12-7-5-6-8-13(12)17/h5-11H,1-4H3/b14-9+,18-16?. The molecule has 112 valence electrons. The van der Waals surface area contributed by atoms with Crippen LogP contribution in [0.5, 0.6) is 0 Å². The van der Waals surface area contributed by atoms with Crippen molar-refractivity contribution in [2.24, 2.45) is 4.99 Å². The second kappa shape index (κ2) is 6.79. The highest BCUT2D eigenvalue weighted by Gasteiger charge is 2.35. The van der Waals surface area contributed by atoms with Crippen molar-refractivity contribution in [2.45, 2.75) is 39.8 Å². The van der Waals surface area contributed by atoms with Gasteiger partial charge in [0.2, 0.25) is 0 Å². The van der Waals surface area contributed by atoms with Gasteiger partial charge in [-0.15, -0.1) is 0 Å². The third kappa shape index (κ3) is 3.77. The normalized spacial score (nSPS) is 19.6. The van der Waals surface area contributed by atoms with Crippen molar-refractivity contribution < 1.29 is 4.79 Å². The van der Waals surface area contributed by atoms with E-state index in [1.807, 2.05) is 58.0 Å². The average Bonchev–Trinajstić information content (AvgIpc) is 2.68. The summed E-state index contributed by atoms with van der Waals surface area (Å²) < 4.78 is 0.983. The number of amidine groups is 1. The van der Waals surface area contributed by atoms with Crippen molar-refractivity contribution in [1.29, 1.82) is 0 Å². The molecule has 0 spiro atoms. The number of rotatable bonds is 3. The van der Waals surface area contributed by atoms with Crippen molar-refractivity contribution in [3.63, 3.8) is 0 Å². The lowest BCUT2D eigenvalue weighted by atomic mass is 10.2. The van der Waals surface area contributed by atoms with Crippen LogP contribution in [0.25, 0.3) is 6.08 Å². The number of hydrogen-bond donors (Lipinski definition) is 0. The van der Waals surface area contributed by atoms with Crippen LogP contribution in [0.3, 0.4) is 0 Å². The molecule has 1 amide bonds. The Labute approximate surface area is 138 Å². The van der Waals surface area contributed by atoms with Gasteiger partial charge in [-0.05, 0) is 57.2 Å². The summed E-state index contributed by atoms with van der Waals surface area (Å²) in [4.78, 5) is 19.7. The molecule has 5 heteroatoms. The fourth-order valence-electron chi connectivity index (χ4n) is 1.99. The van der Waals surface area contributed by atoms with Crippen LogP contribution in [0, 0.1) is 0 Å². The van der Waals surface area contributed by atoms with Crippen LogP contribution < -0.4 is 0 Å². The third-order valence-electron chi connectivity index (χ3n) is 2.91. The van der Waals surface area contributed by atoms with Crippen LogP contribution in [0.4, 0.5) is 0 Å². The average molecular weight is 367 g/mol. The highest BCUT2D eigenvalue weighted by molar-refractivity contribution is 9.10. The molecular formula is C16H19BrN2OS. The molecule has 21 heavy (non-hydrogen) atoms. The SMILES string of the molecule is CC(C)N=C1S/C(=C/c2ccccc2Br)C(=O)N1C(C)C. The molecule has 0 bridgehead atoms. The summed E-state index contributed by atoms with van der Waals surface area (Å²) in [5.41, 5.74) is 1.00. The monoisotopic (exact) mass is 366 g/mol. The fraction of sp³-hybridized carbons (Fsp3) is 0.375. The van der Waals surface area contributed by atoms with Gasteiger partial charge in [-0.25, -0.2) is 0 Å². The number of thioether (sulfide) groups is 1. The zero-order chi connectivity index (χ0) is 15.6. The Kier molecular flexibility index (Phi) is 5.27. The Morgan fingerprint density at radius 3 is 2.48 bits per heavy atom. The fourth-order valence-corrected chi connectivity index (χ4v) is 3.61. The zero-order valence-electron chi connectivity index (χ0n) is 12.6. The maximum Gasteiger partial charge on any atom is 0.266 e. The van der Waals surface area contributed by atoms with Crippen LogP contribution in [0.1, 0.15) is 33.3 Å². The molecule has 3 nitrogen and oxygen atoms in total. The van der Waals surface area contributed by atoms with E-state index in [1.54, 1.807) is 4.90 Å². The van der Waals surface area contributed by atoms with Gasteiger partial charge in [0.15, 0.2) is 5.17 Å². The van der Waals surface area contributed by atoms with Crippen LogP contribution in [0.15, 0.2) is 38.6 Å². The number of hydrogen-bond acceptors (Lipinski definition) is 3. The molecule has 1 aliphatic heterocycles. The largest absolute Gasteiger partial charge is 0.284 e. The smallest absolute Gasteiger partial charge is 0.266 e. The first-order valence-corrected chi connectivity index (χ1v) is 8.56. The van der Waals surface area contributed by atoms with Gasteiger partial charge in [0.05, 0.1) is 4.91 Å². The third-order valence-corrected chi connectivity index (χ3v) is 4.63. The van der Waals surface area contributed by atoms with Crippen molar-refractivity contribution in [1.82, 2.24) is 4.90 Å². The van der Waals surface area contributed by atoms with E-state index in [9.17, 15) is 4.79 Å². The molecule has 0 radical (unpaired) electrons. The van der Waals surface area contributed by atoms with Crippen LogP contribution in [-0.4, -0.2) is 28.1 Å². The second-order valence-corrected chi connectivity index (χ2v) is 7.27. The van der Waals surface area contributed by atoms with E-state index in [-0.39, 0.29) is 18.0 Å². The van der Waals surface area contributed by atoms with Crippen LogP contribution in [0.2, 0.25) is 0 Å². The summed E-state index contributed by atoms with van der Waals surface area (Å²) in [6.07, 6.45) is 1.93. The van der Waals surface area contributed by atoms with E-state index in [4.69, 9.17) is 0 Å². The molecule has 0 aromatic heterocycles. The van der Waals surface area contributed by atoms with E-state index in [1.165, 1.54) is 11.8 Å². The van der Waals surface area contributed by atoms with Gasteiger partial charge < -0.3 is 0 Å². The first-order chi connectivity index (χ1) is 9.90. The number of amides is 1. The topological polar surface area (TPSA) is 32.7 Å². The van der Waals surface area contributed by atoms with Crippen molar-refractivity contribution in [3.05, 3.63) is 39.2 Å². The van der Waals surface area contributed by atoms with Gasteiger partial charge in [-0.2, -0.15) is 0 Å². The van der Waals surface area contributed by atoms with Crippen molar-refractivity contribution in [3.8, 4) is 0 Å². The maximum atomic E-state index is 12.6. The number of nitrogens with zero attached hydrogens (tertiary/aromatic N) is 2. The summed E-state index contributed by atoms with van der Waals surface area (Å²) in [6, 6.07) is 8.16. The predicted octanol–water partition coefficient (Wildman–Crippen LogP) is 4.54. The Bertz CT molecular complexity index is 608. The van der Waals surface area contributed by atoms with E-state index >= 15 is 0 Å². The Morgan fingerprint density at radius 2 is 1.90 bits per heavy atom. The number of benzene rings is 1. The highest BCUT2D eigenvalue weighted by atomic mass is 79.9. The minimum Gasteiger partial charge on any atom is -0.284 e. The van der Waals surface area contributed by atoms with Gasteiger partial charge in [-0.1, -0.05) is 34.1 Å². The van der Waals surface area contributed by atoms with Crippen LogP contribution >= 0.6 is 27.7 Å². The molecule has 1 aromatic carbocycles. The lowest BCUT2D eigenvalue weighted by molar-refractivity contribution is -0.123. The summed E-state index contributed by atoms with van der Waals surface area (Å²) in [7, 11) is 0. The summed E-state index contributed by atoms with van der Waals surface area (Å²) >= 11 is 4.97. The lowest BCUT2D eigenvalue weighted by Gasteiger charge is -2.20. The molecule has 2 rings (SSSR count). The summed E-state index contributed by atoms with van der Waals surface area (Å²) in [5.74, 6) is 0.0325. The number of carbonyl (C=O) groups is 1. The minimum atomic E-state index is 0.0325. The first-order valence-electron chi connectivity index (χ1n) is 6.95. The Balaban J connectivity index is 2.39. The van der Waals surface area contributed by atoms with Crippen molar-refractivity contribution in [2.75, 3.05) is 0 Å². The molecule has 0 aliphatic carbocycles. The van der Waals surface area contributed by atoms with E-state index in [0.717, 1.165) is 20.1 Å². The number of aliphatic imine (C=N–C) groups is 1. The Morgan fingerprint density at radius 1 is 1.24 bits per heavy atom. The predicted molar refractivity (Wildman–Crippen MR) is 94.3 cm³/mol. The van der Waals surface area contributed by atoms with Crippen molar-refractivity contribution >= 4 is 44.8 Å². The summed E-state index contributed by atoms with van der Waals surface area (Å²) in [5, 5.41) is 0.795. The molecule has 0 N–H and O–H groups in total. The molecule has 0 saturated carbocycles. The van der Waals surface area contributed by atoms with E-state index < -0.39 is 0 Å². The molecule has 1 aromatic rings. The first kappa shape index (κ1) is 16.3. The number of carbonyl (C=O) groups excluding carboxylic acids is 1. The molecular weight excluding hydrogens is 348 g/mol. The van der Waals surface area contributed by atoms with Gasteiger partial charge in [-0.3, -0.25) is 14.7 Å². The molecule has 1 aliphatic rings. The van der Waals surface area contributed by atoms with Gasteiger partial charge >= 0.3 is 0 Å². The quantitative estimate of drug-likeness (QED) is 0.735. The zero-order valence-corrected chi connectivity index (χ0v) is 15.0. The van der Waals surface area contributed by atoms with Gasteiger partial charge in [0.1, 0.15) is 0 Å². The second-order valence-electron chi connectivity index (χ2n) is 5.41. The van der Waals surface area contributed by atoms with E-state index in [2.05, 4.69) is 20.9 Å². The molecule has 0 unspecified atom stereocenters. The minimum absolute atomic E-state index is 0.0325. The molecule has 1 saturated heterocycles. The van der Waals surface area contributed by atoms with Gasteiger partial charge in [0, 0.05) is 16.6 Å². The molecule has 1 heterocycles. The number of halogens is 1. The van der Waals surface area contributed by atoms with E-state index in [0.29, 0.717) is 0 Å². The molecule has 1 fully saturated rings. The lowest BCUT2D eigenvalue weighted by Crippen LogP contribution is -2.35. The van der Waals surface area contributed by atoms with Gasteiger partial charge in [0.25, 0.3) is 5.91 Å². The highest BCUT2D eigenvalue weighted by Crippen LogP contribution is 2.35. The van der Waals surface area contributed by atoms with Crippen LogP contribution in [-0.2, 0) is 4.79 Å². The summed E-state index contributed by atoms with van der Waals surface area (Å²) in [6.45, 7) is 8.06. The maximum absolute atomic E-state index is 12.6.